The van der Waals surface area contributed by atoms with Crippen molar-refractivity contribution in [2.24, 2.45) is 0 Å². The minimum absolute atomic E-state index is 0.0574. The summed E-state index contributed by atoms with van der Waals surface area (Å²) in [6.07, 6.45) is 0. The fourth-order valence-corrected chi connectivity index (χ4v) is 6.09. The highest BCUT2D eigenvalue weighted by molar-refractivity contribution is 6.22. The number of fused-ring (bicyclic) bond motifs is 6. The molecule has 9 aromatic rings. The highest BCUT2D eigenvalue weighted by Crippen LogP contribution is 2.45. The van der Waals surface area contributed by atoms with E-state index >= 15 is 0 Å². The van der Waals surface area contributed by atoms with Gasteiger partial charge in [0.2, 0.25) is 0 Å². The van der Waals surface area contributed by atoms with Crippen molar-refractivity contribution < 1.29 is 19.5 Å². The quantitative estimate of drug-likeness (QED) is 0.197. The third-order valence-corrected chi connectivity index (χ3v) is 7.97. The molecule has 0 fully saturated rings. The first-order valence-electron chi connectivity index (χ1n) is 19.4. The lowest BCUT2D eigenvalue weighted by molar-refractivity contribution is 0.669. The summed E-state index contributed by atoms with van der Waals surface area (Å²) in [7, 11) is 0. The van der Waals surface area contributed by atoms with Crippen molar-refractivity contribution in [1.82, 2.24) is 0 Å². The minimum Gasteiger partial charge on any atom is -0.456 e. The van der Waals surface area contributed by atoms with Gasteiger partial charge in [-0.05, 0) is 96.0 Å². The van der Waals surface area contributed by atoms with E-state index in [0.29, 0.717) is 16.3 Å². The van der Waals surface area contributed by atoms with Crippen molar-refractivity contribution in [3.63, 3.8) is 0 Å². The lowest BCUT2D eigenvalue weighted by atomic mass is 9.85. The van der Waals surface area contributed by atoms with Gasteiger partial charge in [0.25, 0.3) is 0 Å². The van der Waals surface area contributed by atoms with Crippen LogP contribution < -0.4 is 0 Å². The molecule has 0 aliphatic carbocycles. The first-order chi connectivity index (χ1) is 25.9. The molecular formula is C42H26O. The molecule has 0 radical (unpaired) electrons. The molecule has 200 valence electrons. The Balaban J connectivity index is 1.37. The van der Waals surface area contributed by atoms with Crippen molar-refractivity contribution in [3.05, 3.63) is 157 Å². The van der Waals surface area contributed by atoms with Gasteiger partial charge in [0.1, 0.15) is 11.2 Å². The average molecular weight is 558 g/mol. The molecule has 43 heavy (non-hydrogen) atoms. The molecule has 0 amide bonds. The van der Waals surface area contributed by atoms with Crippen molar-refractivity contribution in [2.45, 2.75) is 0 Å². The normalized spacial score (nSPS) is 15.3. The van der Waals surface area contributed by atoms with Crippen LogP contribution in [0.3, 0.4) is 0 Å². The Hall–Kier alpha value is -5.66. The molecule has 0 spiro atoms. The molecule has 1 aromatic heterocycles. The zero-order chi connectivity index (χ0) is 37.9. The van der Waals surface area contributed by atoms with E-state index in [9.17, 15) is 4.11 Å². The average Bonchev–Trinajstić information content (AvgIpc) is 3.55. The second kappa shape index (κ2) is 9.44. The number of para-hydroxylation sites is 1. The Labute approximate surface area is 264 Å². The van der Waals surface area contributed by atoms with Crippen LogP contribution in [0.4, 0.5) is 0 Å². The zero-order valence-corrected chi connectivity index (χ0v) is 22.6. The van der Waals surface area contributed by atoms with E-state index in [2.05, 4.69) is 0 Å². The van der Waals surface area contributed by atoms with Crippen molar-refractivity contribution >= 4 is 54.3 Å². The van der Waals surface area contributed by atoms with Gasteiger partial charge in [0.05, 0.1) is 15.1 Å². The van der Waals surface area contributed by atoms with E-state index in [1.165, 1.54) is 0 Å². The number of hydrogen-bond acceptors (Lipinski definition) is 1. The topological polar surface area (TPSA) is 13.1 Å². The van der Waals surface area contributed by atoms with Crippen LogP contribution in [0.25, 0.3) is 87.6 Å². The Kier molecular flexibility index (Phi) is 3.41. The molecule has 0 aliphatic rings. The van der Waals surface area contributed by atoms with Gasteiger partial charge in [-0.25, -0.2) is 0 Å². The Morgan fingerprint density at radius 2 is 0.930 bits per heavy atom. The molecule has 0 aliphatic heterocycles. The Morgan fingerprint density at radius 3 is 1.60 bits per heavy atom. The second-order valence-corrected chi connectivity index (χ2v) is 10.4. The molecule has 1 heterocycles. The first kappa shape index (κ1) is 15.5. The molecule has 0 unspecified atom stereocenters. The SMILES string of the molecule is [2H]c1c([2H])c([2H])c(-c2c([2H])c([2H])c3c([2H])c(-c4c5ccccc5c(-c5ccc6c(c5)oc5ccccc56)c5ccccc45)c([2H])c([2H])c3c2[2H])c([2H])c1[2H]. The fourth-order valence-electron chi connectivity index (χ4n) is 6.09. The summed E-state index contributed by atoms with van der Waals surface area (Å²) < 4.78 is 103. The molecule has 9 rings (SSSR count). The molecule has 0 atom stereocenters. The molecular weight excluding hydrogens is 520 g/mol. The van der Waals surface area contributed by atoms with E-state index < -0.39 is 65.5 Å². The summed E-state index contributed by atoms with van der Waals surface area (Å²) in [6.45, 7) is 0. The summed E-state index contributed by atoms with van der Waals surface area (Å²) in [5.74, 6) is 0. The van der Waals surface area contributed by atoms with Crippen molar-refractivity contribution in [3.8, 4) is 33.4 Å². The van der Waals surface area contributed by atoms with E-state index in [-0.39, 0.29) is 28.4 Å². The molecule has 0 saturated carbocycles. The van der Waals surface area contributed by atoms with E-state index in [0.717, 1.165) is 43.8 Å². The van der Waals surface area contributed by atoms with Crippen LogP contribution in [-0.2, 0) is 0 Å². The highest BCUT2D eigenvalue weighted by atomic mass is 16.3. The maximum atomic E-state index is 9.55. The molecule has 8 aromatic carbocycles. The fraction of sp³-hybridized carbons (Fsp3) is 0. The standard InChI is InChI=1S/C42H26O/c1-2-10-27(11-3-1)28-18-19-30-25-31(21-20-29(30)24-28)41-35-13-4-6-15-37(35)42(38-16-7-5-14-36(38)41)32-22-23-34-33-12-8-9-17-39(33)43-40(34)26-32/h1-26H/i1D,2D,3D,10D,11D,18D,19D,20D,21D,24D,25D. The second-order valence-electron chi connectivity index (χ2n) is 10.4. The van der Waals surface area contributed by atoms with Gasteiger partial charge in [0.15, 0.2) is 0 Å². The van der Waals surface area contributed by atoms with Crippen LogP contribution in [0.2, 0.25) is 0 Å². The highest BCUT2D eigenvalue weighted by Gasteiger charge is 2.18. The van der Waals surface area contributed by atoms with Gasteiger partial charge >= 0.3 is 0 Å². The number of furan rings is 1. The molecule has 1 heteroatoms. The van der Waals surface area contributed by atoms with E-state index in [4.69, 9.17) is 15.4 Å². The summed E-state index contributed by atoms with van der Waals surface area (Å²) in [4.78, 5) is 0. The molecule has 1 nitrogen and oxygen atoms in total. The third kappa shape index (κ3) is 3.79. The summed E-state index contributed by atoms with van der Waals surface area (Å²) in [6, 6.07) is 23.0. The van der Waals surface area contributed by atoms with Gasteiger partial charge in [-0.1, -0.05) is 127 Å². The zero-order valence-electron chi connectivity index (χ0n) is 33.6. The third-order valence-electron chi connectivity index (χ3n) is 7.97. The number of benzene rings is 8. The summed E-state index contributed by atoms with van der Waals surface area (Å²) >= 11 is 0. The monoisotopic (exact) mass is 557 g/mol. The molecule has 0 saturated heterocycles. The largest absolute Gasteiger partial charge is 0.456 e. The van der Waals surface area contributed by atoms with E-state index in [1.54, 1.807) is 0 Å². The van der Waals surface area contributed by atoms with Gasteiger partial charge in [0, 0.05) is 10.8 Å². The molecule has 0 N–H and O–H groups in total. The lowest BCUT2D eigenvalue weighted by Crippen LogP contribution is -1.91. The first-order valence-corrected chi connectivity index (χ1v) is 13.9. The predicted molar refractivity (Wildman–Crippen MR) is 183 cm³/mol. The van der Waals surface area contributed by atoms with Gasteiger partial charge in [-0.15, -0.1) is 0 Å². The smallest absolute Gasteiger partial charge is 0.136 e. The van der Waals surface area contributed by atoms with Crippen LogP contribution in [0.5, 0.6) is 0 Å². The lowest BCUT2D eigenvalue weighted by Gasteiger charge is -2.18. The predicted octanol–water partition coefficient (Wildman–Crippen LogP) is 12.0. The Bertz CT molecular complexity index is 3040. The van der Waals surface area contributed by atoms with Crippen LogP contribution in [-0.4, -0.2) is 0 Å². The van der Waals surface area contributed by atoms with Crippen LogP contribution in [0.1, 0.15) is 15.1 Å². The van der Waals surface area contributed by atoms with Crippen molar-refractivity contribution in [1.29, 1.82) is 0 Å². The van der Waals surface area contributed by atoms with Crippen LogP contribution in [0, 0.1) is 0 Å². The van der Waals surface area contributed by atoms with Gasteiger partial charge in [-0.2, -0.15) is 0 Å². The van der Waals surface area contributed by atoms with Crippen molar-refractivity contribution in [2.75, 3.05) is 0 Å². The summed E-state index contributed by atoms with van der Waals surface area (Å²) in [5.41, 5.74) is 2.99. The number of rotatable bonds is 3. The maximum absolute atomic E-state index is 9.55. The molecule has 0 bridgehead atoms. The van der Waals surface area contributed by atoms with Gasteiger partial charge in [-0.3, -0.25) is 0 Å². The van der Waals surface area contributed by atoms with Crippen LogP contribution >= 0.6 is 0 Å². The van der Waals surface area contributed by atoms with Gasteiger partial charge < -0.3 is 4.42 Å². The minimum atomic E-state index is -0.667. The Morgan fingerprint density at radius 1 is 0.395 bits per heavy atom. The summed E-state index contributed by atoms with van der Waals surface area (Å²) in [5, 5.41) is 4.53. The number of hydrogen-bond donors (Lipinski definition) is 0. The van der Waals surface area contributed by atoms with E-state index in [1.807, 2.05) is 91.0 Å². The van der Waals surface area contributed by atoms with Crippen LogP contribution in [0.15, 0.2) is 162 Å². The maximum Gasteiger partial charge on any atom is 0.136 e.